The van der Waals surface area contributed by atoms with E-state index in [-0.39, 0.29) is 0 Å². The molecule has 2 heterocycles. The molecule has 2 heteroatoms. The van der Waals surface area contributed by atoms with Gasteiger partial charge in [-0.3, -0.25) is 0 Å². The standard InChI is InChI=1S/C44H36N2/c1-3-45-42-12-8-6-10-38(42)40-29-33(22-28-43(40)45)15-13-31-17-23-35(24-18-31)36-25-19-32(20-26-36)14-16-34-21-27-39-37-9-5-7-11-41(37)46(4-2)44(39)30-34/h5-30H,3-4H2,1-2H3. The van der Waals surface area contributed by atoms with Gasteiger partial charge in [-0.25, -0.2) is 0 Å². The van der Waals surface area contributed by atoms with Gasteiger partial charge in [-0.1, -0.05) is 127 Å². The average Bonchev–Trinajstić information content (AvgIpc) is 3.61. The lowest BCUT2D eigenvalue weighted by atomic mass is 10.0. The van der Waals surface area contributed by atoms with E-state index in [1.807, 2.05) is 0 Å². The molecule has 0 amide bonds. The Morgan fingerprint density at radius 2 is 0.783 bits per heavy atom. The molecule has 2 nitrogen and oxygen atoms in total. The predicted octanol–water partition coefficient (Wildman–Crippen LogP) is 11.9. The average molecular weight is 593 g/mol. The van der Waals surface area contributed by atoms with Crippen molar-refractivity contribution in [3.05, 3.63) is 156 Å². The van der Waals surface area contributed by atoms with Gasteiger partial charge in [0.05, 0.1) is 0 Å². The van der Waals surface area contributed by atoms with Crippen molar-refractivity contribution in [3.63, 3.8) is 0 Å². The van der Waals surface area contributed by atoms with Crippen molar-refractivity contribution in [2.75, 3.05) is 0 Å². The molecule has 0 N–H and O–H groups in total. The Hall–Kier alpha value is -5.60. The molecule has 0 aliphatic rings. The second kappa shape index (κ2) is 11.7. The molecule has 8 aromatic rings. The Morgan fingerprint density at radius 3 is 1.37 bits per heavy atom. The summed E-state index contributed by atoms with van der Waals surface area (Å²) in [6.07, 6.45) is 8.84. The zero-order chi connectivity index (χ0) is 31.0. The quantitative estimate of drug-likeness (QED) is 0.163. The number of para-hydroxylation sites is 2. The van der Waals surface area contributed by atoms with Gasteiger partial charge < -0.3 is 9.13 Å². The number of rotatable bonds is 7. The van der Waals surface area contributed by atoms with E-state index >= 15 is 0 Å². The van der Waals surface area contributed by atoms with Gasteiger partial charge in [0, 0.05) is 56.7 Å². The van der Waals surface area contributed by atoms with E-state index in [0.29, 0.717) is 0 Å². The normalized spacial score (nSPS) is 12.1. The summed E-state index contributed by atoms with van der Waals surface area (Å²) in [5, 5.41) is 5.27. The van der Waals surface area contributed by atoms with E-state index in [1.165, 1.54) is 77.0 Å². The van der Waals surface area contributed by atoms with Crippen molar-refractivity contribution in [3.8, 4) is 11.1 Å². The van der Waals surface area contributed by atoms with E-state index in [0.717, 1.165) is 13.1 Å². The van der Waals surface area contributed by atoms with Crippen LogP contribution in [0.25, 0.3) is 79.0 Å². The minimum Gasteiger partial charge on any atom is -0.341 e. The number of hydrogen-bond donors (Lipinski definition) is 0. The van der Waals surface area contributed by atoms with E-state index in [4.69, 9.17) is 0 Å². The summed E-state index contributed by atoms with van der Waals surface area (Å²) in [6, 6.07) is 48.6. The summed E-state index contributed by atoms with van der Waals surface area (Å²) >= 11 is 0. The molecule has 0 spiro atoms. The van der Waals surface area contributed by atoms with Crippen LogP contribution in [0.4, 0.5) is 0 Å². The fourth-order valence-corrected chi connectivity index (χ4v) is 6.98. The molecule has 0 aliphatic heterocycles. The van der Waals surface area contributed by atoms with Crippen LogP contribution in [-0.2, 0) is 13.1 Å². The minimum absolute atomic E-state index is 0.956. The van der Waals surface area contributed by atoms with Gasteiger partial charge in [-0.15, -0.1) is 0 Å². The van der Waals surface area contributed by atoms with Crippen LogP contribution in [0.5, 0.6) is 0 Å². The molecule has 6 aromatic carbocycles. The third-order valence-electron chi connectivity index (χ3n) is 9.32. The van der Waals surface area contributed by atoms with Crippen molar-refractivity contribution in [2.45, 2.75) is 26.9 Å². The Kier molecular flexibility index (Phi) is 7.11. The Balaban J connectivity index is 0.979. The molecule has 2 aromatic heterocycles. The maximum Gasteiger partial charge on any atom is 0.0497 e. The SMILES string of the molecule is CCn1c2ccccc2c2cc(C=Cc3ccc(-c4ccc(C=Cc5ccc6c7ccccc7n(CC)c6c5)cc4)cc3)ccc21. The number of benzene rings is 6. The van der Waals surface area contributed by atoms with Crippen LogP contribution in [0, 0.1) is 0 Å². The first-order chi connectivity index (χ1) is 22.7. The van der Waals surface area contributed by atoms with Crippen molar-refractivity contribution in [1.82, 2.24) is 9.13 Å². The number of hydrogen-bond acceptors (Lipinski definition) is 0. The maximum atomic E-state index is 2.41. The highest BCUT2D eigenvalue weighted by molar-refractivity contribution is 6.09. The van der Waals surface area contributed by atoms with Gasteiger partial charge in [0.1, 0.15) is 0 Å². The van der Waals surface area contributed by atoms with Crippen LogP contribution in [0.1, 0.15) is 36.1 Å². The zero-order valence-electron chi connectivity index (χ0n) is 26.3. The van der Waals surface area contributed by atoms with E-state index in [2.05, 4.69) is 181 Å². The Morgan fingerprint density at radius 1 is 0.370 bits per heavy atom. The van der Waals surface area contributed by atoms with Crippen molar-refractivity contribution in [2.24, 2.45) is 0 Å². The molecule has 0 bridgehead atoms. The van der Waals surface area contributed by atoms with Crippen LogP contribution in [0.2, 0.25) is 0 Å². The zero-order valence-corrected chi connectivity index (χ0v) is 26.3. The molecule has 0 radical (unpaired) electrons. The molecule has 0 unspecified atom stereocenters. The highest BCUT2D eigenvalue weighted by Crippen LogP contribution is 2.32. The fraction of sp³-hybridized carbons (Fsp3) is 0.0909. The molecular formula is C44H36N2. The predicted molar refractivity (Wildman–Crippen MR) is 200 cm³/mol. The lowest BCUT2D eigenvalue weighted by Gasteiger charge is -2.05. The lowest BCUT2D eigenvalue weighted by Crippen LogP contribution is -1.92. The van der Waals surface area contributed by atoms with E-state index in [9.17, 15) is 0 Å². The van der Waals surface area contributed by atoms with Crippen molar-refractivity contribution < 1.29 is 0 Å². The first kappa shape index (κ1) is 27.9. The second-order valence-corrected chi connectivity index (χ2v) is 12.0. The van der Waals surface area contributed by atoms with Gasteiger partial charge in [-0.05, 0) is 77.6 Å². The summed E-state index contributed by atoms with van der Waals surface area (Å²) in [6.45, 7) is 6.35. The lowest BCUT2D eigenvalue weighted by molar-refractivity contribution is 0.827. The molecule has 0 atom stereocenters. The van der Waals surface area contributed by atoms with Gasteiger partial charge in [-0.2, -0.15) is 0 Å². The van der Waals surface area contributed by atoms with Crippen LogP contribution in [0.3, 0.4) is 0 Å². The molecule has 0 aliphatic carbocycles. The fourth-order valence-electron chi connectivity index (χ4n) is 6.98. The first-order valence-corrected chi connectivity index (χ1v) is 16.3. The topological polar surface area (TPSA) is 9.86 Å². The summed E-state index contributed by atoms with van der Waals surface area (Å²) in [5.74, 6) is 0. The monoisotopic (exact) mass is 592 g/mol. The first-order valence-electron chi connectivity index (χ1n) is 16.3. The summed E-state index contributed by atoms with van der Waals surface area (Å²) in [5.41, 5.74) is 12.4. The van der Waals surface area contributed by atoms with Crippen molar-refractivity contribution in [1.29, 1.82) is 0 Å². The van der Waals surface area contributed by atoms with Crippen LogP contribution < -0.4 is 0 Å². The molecule has 8 rings (SSSR count). The highest BCUT2D eigenvalue weighted by atomic mass is 15.0. The molecule has 0 saturated carbocycles. The summed E-state index contributed by atoms with van der Waals surface area (Å²) in [7, 11) is 0. The molecular weight excluding hydrogens is 556 g/mol. The minimum atomic E-state index is 0.956. The van der Waals surface area contributed by atoms with Crippen LogP contribution in [-0.4, -0.2) is 9.13 Å². The third-order valence-corrected chi connectivity index (χ3v) is 9.32. The second-order valence-electron chi connectivity index (χ2n) is 12.0. The maximum absolute atomic E-state index is 2.41. The molecule has 46 heavy (non-hydrogen) atoms. The molecule has 0 fully saturated rings. The largest absolute Gasteiger partial charge is 0.341 e. The van der Waals surface area contributed by atoms with Crippen LogP contribution >= 0.6 is 0 Å². The number of aryl methyl sites for hydroxylation is 2. The van der Waals surface area contributed by atoms with Gasteiger partial charge in [0.25, 0.3) is 0 Å². The van der Waals surface area contributed by atoms with Gasteiger partial charge in [0.2, 0.25) is 0 Å². The summed E-state index contributed by atoms with van der Waals surface area (Å²) < 4.78 is 4.80. The smallest absolute Gasteiger partial charge is 0.0497 e. The molecule has 222 valence electrons. The number of fused-ring (bicyclic) bond motifs is 6. The highest BCUT2D eigenvalue weighted by Gasteiger charge is 2.10. The van der Waals surface area contributed by atoms with Crippen molar-refractivity contribution >= 4 is 67.9 Å². The summed E-state index contributed by atoms with van der Waals surface area (Å²) in [4.78, 5) is 0. The third kappa shape index (κ3) is 4.93. The number of nitrogens with zero attached hydrogens (tertiary/aromatic N) is 2. The van der Waals surface area contributed by atoms with Gasteiger partial charge >= 0.3 is 0 Å². The van der Waals surface area contributed by atoms with E-state index in [1.54, 1.807) is 0 Å². The Bertz CT molecular complexity index is 2410. The number of aromatic nitrogens is 2. The molecule has 0 saturated heterocycles. The van der Waals surface area contributed by atoms with Gasteiger partial charge in [0.15, 0.2) is 0 Å². The Labute approximate surface area is 270 Å². The van der Waals surface area contributed by atoms with Crippen LogP contribution in [0.15, 0.2) is 133 Å². The van der Waals surface area contributed by atoms with E-state index < -0.39 is 0 Å².